The number of halogens is 1. The molecule has 0 amide bonds. The first-order valence-corrected chi connectivity index (χ1v) is 4.86. The van der Waals surface area contributed by atoms with E-state index in [0.29, 0.717) is 5.92 Å². The second kappa shape index (κ2) is 2.44. The zero-order valence-electron chi connectivity index (χ0n) is 6.56. The van der Waals surface area contributed by atoms with Crippen molar-refractivity contribution in [1.82, 2.24) is 4.98 Å². The van der Waals surface area contributed by atoms with Crippen LogP contribution in [0.1, 0.15) is 23.8 Å². The van der Waals surface area contributed by atoms with Crippen LogP contribution in [0, 0.1) is 5.92 Å². The maximum Gasteiger partial charge on any atom is 0.0977 e. The molecule has 1 unspecified atom stereocenters. The number of aromatic nitrogens is 1. The third-order valence-electron chi connectivity index (χ3n) is 3.09. The number of thiazole rings is 1. The summed E-state index contributed by atoms with van der Waals surface area (Å²) in [5, 5.41) is 3.30. The molecule has 3 saturated carbocycles. The Hall–Kier alpha value is -0.120. The van der Waals surface area contributed by atoms with Crippen molar-refractivity contribution in [3.05, 3.63) is 16.6 Å². The Morgan fingerprint density at radius 1 is 1.58 bits per heavy atom. The Morgan fingerprint density at radius 3 is 2.67 bits per heavy atom. The van der Waals surface area contributed by atoms with Crippen molar-refractivity contribution in [2.45, 2.75) is 24.3 Å². The third-order valence-corrected chi connectivity index (χ3v) is 3.95. The van der Waals surface area contributed by atoms with Crippen molar-refractivity contribution in [1.29, 1.82) is 0 Å². The van der Waals surface area contributed by atoms with Crippen molar-refractivity contribution >= 4 is 23.7 Å². The predicted molar refractivity (Wildman–Crippen MR) is 51.7 cm³/mol. The highest BCUT2D eigenvalue weighted by Crippen LogP contribution is 2.65. The van der Waals surface area contributed by atoms with Crippen LogP contribution in [0.2, 0.25) is 0 Å². The zero-order chi connectivity index (χ0) is 7.47. The predicted octanol–water partition coefficient (Wildman–Crippen LogP) is 1.77. The number of hydrogen-bond acceptors (Lipinski definition) is 3. The van der Waals surface area contributed by atoms with Crippen LogP contribution in [0.3, 0.4) is 0 Å². The Balaban J connectivity index is 0.000000563. The van der Waals surface area contributed by atoms with Crippen LogP contribution in [0.15, 0.2) is 11.6 Å². The fraction of sp³-hybridized carbons (Fsp3) is 0.625. The SMILES string of the molecule is Cl.NC12CC(C1)C2c1nccs1. The van der Waals surface area contributed by atoms with Crippen LogP contribution < -0.4 is 5.73 Å². The number of hydrogen-bond donors (Lipinski definition) is 1. The largest absolute Gasteiger partial charge is 0.324 e. The summed E-state index contributed by atoms with van der Waals surface area (Å²) >= 11 is 1.75. The minimum Gasteiger partial charge on any atom is -0.324 e. The van der Waals surface area contributed by atoms with Crippen molar-refractivity contribution in [3.8, 4) is 0 Å². The lowest BCUT2D eigenvalue weighted by atomic mass is 9.43. The van der Waals surface area contributed by atoms with Crippen molar-refractivity contribution in [3.63, 3.8) is 0 Å². The lowest BCUT2D eigenvalue weighted by Gasteiger charge is -2.65. The van der Waals surface area contributed by atoms with Gasteiger partial charge in [0.2, 0.25) is 0 Å². The first kappa shape index (κ1) is 8.48. The molecule has 1 atom stereocenters. The topological polar surface area (TPSA) is 38.9 Å². The molecule has 12 heavy (non-hydrogen) atoms. The Morgan fingerprint density at radius 2 is 2.33 bits per heavy atom. The molecule has 0 aromatic carbocycles. The van der Waals surface area contributed by atoms with Gasteiger partial charge < -0.3 is 5.73 Å². The van der Waals surface area contributed by atoms with Crippen LogP contribution in [0.25, 0.3) is 0 Å². The van der Waals surface area contributed by atoms with Crippen LogP contribution >= 0.6 is 23.7 Å². The van der Waals surface area contributed by atoms with Crippen molar-refractivity contribution in [2.24, 2.45) is 11.7 Å². The Labute approximate surface area is 81.6 Å². The van der Waals surface area contributed by atoms with Gasteiger partial charge in [-0.05, 0) is 18.8 Å². The van der Waals surface area contributed by atoms with Crippen LogP contribution in [0.5, 0.6) is 0 Å². The smallest absolute Gasteiger partial charge is 0.0977 e. The number of nitrogens with zero attached hydrogens (tertiary/aromatic N) is 1. The lowest BCUT2D eigenvalue weighted by Crippen LogP contribution is -2.70. The normalized spacial score (nSPS) is 42.4. The average Bonchev–Trinajstić information content (AvgIpc) is 2.34. The fourth-order valence-corrected chi connectivity index (χ4v) is 3.35. The summed E-state index contributed by atoms with van der Waals surface area (Å²) in [5.41, 5.74) is 6.24. The molecule has 0 spiro atoms. The molecule has 1 heterocycles. The average molecular weight is 203 g/mol. The molecule has 3 fully saturated rings. The Kier molecular flexibility index (Phi) is 1.72. The van der Waals surface area contributed by atoms with E-state index in [2.05, 4.69) is 4.98 Å². The van der Waals surface area contributed by atoms with Crippen molar-refractivity contribution in [2.75, 3.05) is 0 Å². The first-order valence-electron chi connectivity index (χ1n) is 3.98. The standard InChI is InChI=1S/C8H10N2S.ClH/c9-8-3-5(4-8)6(8)7-10-1-2-11-7;/h1-2,5-6H,3-4,9H2;1H. The molecule has 2 N–H and O–H groups in total. The van der Waals surface area contributed by atoms with E-state index in [1.807, 2.05) is 11.6 Å². The van der Waals surface area contributed by atoms with Crippen LogP contribution in [-0.4, -0.2) is 10.5 Å². The van der Waals surface area contributed by atoms with E-state index in [1.54, 1.807) is 11.3 Å². The quantitative estimate of drug-likeness (QED) is 0.754. The monoisotopic (exact) mass is 202 g/mol. The minimum atomic E-state index is 0. The molecule has 3 aliphatic carbocycles. The van der Waals surface area contributed by atoms with Gasteiger partial charge in [0.05, 0.1) is 5.01 Å². The molecule has 2 nitrogen and oxygen atoms in total. The van der Waals surface area contributed by atoms with Gasteiger partial charge in [0.15, 0.2) is 0 Å². The molecule has 0 saturated heterocycles. The second-order valence-electron chi connectivity index (χ2n) is 3.75. The van der Waals surface area contributed by atoms with Gasteiger partial charge in [0.25, 0.3) is 0 Å². The molecular formula is C8H11ClN2S. The van der Waals surface area contributed by atoms with Gasteiger partial charge in [0.1, 0.15) is 0 Å². The highest BCUT2D eigenvalue weighted by Gasteiger charge is 2.64. The van der Waals surface area contributed by atoms with Crippen molar-refractivity contribution < 1.29 is 0 Å². The van der Waals surface area contributed by atoms with E-state index in [-0.39, 0.29) is 17.9 Å². The summed E-state index contributed by atoms with van der Waals surface area (Å²) < 4.78 is 0. The minimum absolute atomic E-state index is 0. The van der Waals surface area contributed by atoms with E-state index < -0.39 is 0 Å². The van der Waals surface area contributed by atoms with Crippen LogP contribution in [0.4, 0.5) is 0 Å². The lowest BCUT2D eigenvalue weighted by molar-refractivity contribution is -0.0565. The van der Waals surface area contributed by atoms with Gasteiger partial charge in [-0.3, -0.25) is 0 Å². The van der Waals surface area contributed by atoms with Crippen LogP contribution in [-0.2, 0) is 0 Å². The molecule has 0 aliphatic heterocycles. The summed E-state index contributed by atoms with van der Waals surface area (Å²) in [6.07, 6.45) is 4.34. The van der Waals surface area contributed by atoms with Gasteiger partial charge in [-0.25, -0.2) is 4.98 Å². The zero-order valence-corrected chi connectivity index (χ0v) is 8.20. The van der Waals surface area contributed by atoms with E-state index in [9.17, 15) is 0 Å². The molecule has 2 bridgehead atoms. The summed E-state index contributed by atoms with van der Waals surface area (Å²) in [6, 6.07) is 0. The maximum absolute atomic E-state index is 6.09. The first-order chi connectivity index (χ1) is 5.30. The van der Waals surface area contributed by atoms with Gasteiger partial charge >= 0.3 is 0 Å². The second-order valence-corrected chi connectivity index (χ2v) is 4.68. The van der Waals surface area contributed by atoms with E-state index in [4.69, 9.17) is 5.73 Å². The summed E-state index contributed by atoms with van der Waals surface area (Å²) in [4.78, 5) is 4.30. The molecule has 3 aliphatic rings. The van der Waals surface area contributed by atoms with Gasteiger partial charge in [-0.1, -0.05) is 0 Å². The summed E-state index contributed by atoms with van der Waals surface area (Å²) in [7, 11) is 0. The van der Waals surface area contributed by atoms with Gasteiger partial charge in [0, 0.05) is 23.0 Å². The molecule has 1 aromatic heterocycles. The molecule has 0 radical (unpaired) electrons. The molecular weight excluding hydrogens is 192 g/mol. The van der Waals surface area contributed by atoms with E-state index >= 15 is 0 Å². The third kappa shape index (κ3) is 0.817. The molecule has 4 heteroatoms. The van der Waals surface area contributed by atoms with E-state index in [1.165, 1.54) is 17.8 Å². The highest BCUT2D eigenvalue weighted by atomic mass is 35.5. The van der Waals surface area contributed by atoms with Gasteiger partial charge in [-0.2, -0.15) is 0 Å². The summed E-state index contributed by atoms with van der Waals surface area (Å²) in [5.74, 6) is 1.48. The summed E-state index contributed by atoms with van der Waals surface area (Å²) in [6.45, 7) is 0. The molecule has 4 rings (SSSR count). The maximum atomic E-state index is 6.09. The number of rotatable bonds is 1. The number of nitrogens with two attached hydrogens (primary N) is 1. The Bertz CT molecular complexity index is 279. The fourth-order valence-electron chi connectivity index (χ4n) is 2.39. The molecule has 1 aromatic rings. The highest BCUT2D eigenvalue weighted by molar-refractivity contribution is 7.09. The molecule has 66 valence electrons. The van der Waals surface area contributed by atoms with E-state index in [0.717, 1.165) is 5.92 Å². The van der Waals surface area contributed by atoms with Gasteiger partial charge in [-0.15, -0.1) is 23.7 Å².